The number of aliphatic hydroxyl groups is 1. The van der Waals surface area contributed by atoms with E-state index >= 15 is 0 Å². The van der Waals surface area contributed by atoms with Crippen LogP contribution in [0.5, 0.6) is 0 Å². The van der Waals surface area contributed by atoms with Crippen LogP contribution in [0.25, 0.3) is 0 Å². The van der Waals surface area contributed by atoms with E-state index in [1.807, 2.05) is 13.8 Å². The summed E-state index contributed by atoms with van der Waals surface area (Å²) in [5.74, 6) is 9.56. The molecule has 0 radical (unpaired) electrons. The number of hydrogen-bond donors (Lipinski definition) is 1. The highest BCUT2D eigenvalue weighted by molar-refractivity contribution is 6.74. The first kappa shape index (κ1) is 37.8. The molecule has 44 heavy (non-hydrogen) atoms. The molecular weight excluding hydrogens is 573 g/mol. The molecule has 4 unspecified atom stereocenters. The Labute approximate surface area is 275 Å². The van der Waals surface area contributed by atoms with Crippen molar-refractivity contribution in [2.45, 2.75) is 188 Å². The van der Waals surface area contributed by atoms with Gasteiger partial charge in [0, 0.05) is 24.0 Å². The molecule has 0 aromatic carbocycles. The van der Waals surface area contributed by atoms with Crippen LogP contribution in [0.4, 0.5) is 0 Å². The predicted octanol–water partition coefficient (Wildman–Crippen LogP) is 11.2. The van der Waals surface area contributed by atoms with Crippen LogP contribution in [0, 0.1) is 35.0 Å². The Hall–Kier alpha value is -0.646. The van der Waals surface area contributed by atoms with Gasteiger partial charge in [0.2, 0.25) is 0 Å². The molecule has 0 aliphatic heterocycles. The van der Waals surface area contributed by atoms with Crippen LogP contribution >= 0.6 is 0 Å². The summed E-state index contributed by atoms with van der Waals surface area (Å²) in [5.41, 5.74) is 3.74. The maximum absolute atomic E-state index is 10.2. The summed E-state index contributed by atoms with van der Waals surface area (Å²) in [6.45, 7) is 34.7. The lowest BCUT2D eigenvalue weighted by Gasteiger charge is -2.45. The maximum atomic E-state index is 10.2. The van der Waals surface area contributed by atoms with Gasteiger partial charge in [0.05, 0.1) is 17.8 Å². The molecule has 5 heteroatoms. The monoisotopic (exact) mass is 642 g/mol. The van der Waals surface area contributed by atoms with Crippen molar-refractivity contribution in [1.82, 2.24) is 0 Å². The molecule has 0 amide bonds. The molecule has 0 saturated heterocycles. The minimum Gasteiger partial charge on any atom is -0.413 e. The third-order valence-electron chi connectivity index (χ3n) is 12.7. The topological polar surface area (TPSA) is 38.7 Å². The zero-order valence-corrected chi connectivity index (χ0v) is 33.6. The second-order valence-electron chi connectivity index (χ2n) is 18.8. The molecule has 0 aromatic heterocycles. The molecule has 1 N–H and O–H groups in total. The standard InChI is InChI=1S/C39H70O3Si2/c1-28(18-16-24-38(9,10)40)33-22-23-34-30(19-17-25-39(33,34)11)20-21-31-26-32(41-43(12,13)36(3,4)5)27-35(29(31)2)42-44(14,15)37(6,7)8/h19,28,32-35,40H,16-18,22-27H2,1-15H3/t28?,32?,33-,34?,35?,39-/m1/s1. The van der Waals surface area contributed by atoms with E-state index in [1.165, 1.54) is 42.4 Å². The van der Waals surface area contributed by atoms with Crippen LogP contribution in [0.1, 0.15) is 134 Å². The maximum Gasteiger partial charge on any atom is 0.192 e. The fourth-order valence-corrected chi connectivity index (χ4v) is 10.4. The number of hydrogen-bond acceptors (Lipinski definition) is 3. The Morgan fingerprint density at radius 1 is 0.955 bits per heavy atom. The first-order valence-corrected chi connectivity index (χ1v) is 23.7. The van der Waals surface area contributed by atoms with E-state index in [-0.39, 0.29) is 22.3 Å². The van der Waals surface area contributed by atoms with Gasteiger partial charge in [-0.3, -0.25) is 0 Å². The van der Waals surface area contributed by atoms with E-state index in [2.05, 4.69) is 106 Å². The highest BCUT2D eigenvalue weighted by Crippen LogP contribution is 2.58. The molecule has 3 aliphatic rings. The minimum absolute atomic E-state index is 0.0786. The van der Waals surface area contributed by atoms with Crippen LogP contribution in [0.2, 0.25) is 36.3 Å². The van der Waals surface area contributed by atoms with Gasteiger partial charge in [-0.1, -0.05) is 86.1 Å². The van der Waals surface area contributed by atoms with Crippen molar-refractivity contribution in [2.75, 3.05) is 0 Å². The summed E-state index contributed by atoms with van der Waals surface area (Å²) >= 11 is 0. The Balaban J connectivity index is 1.87. The van der Waals surface area contributed by atoms with Gasteiger partial charge in [0.25, 0.3) is 0 Å². The summed E-state index contributed by atoms with van der Waals surface area (Å²) in [6, 6.07) is 0. The van der Waals surface area contributed by atoms with Gasteiger partial charge in [-0.05, 0) is 118 Å². The summed E-state index contributed by atoms with van der Waals surface area (Å²) in [6.07, 6.45) is 12.7. The van der Waals surface area contributed by atoms with Crippen molar-refractivity contribution in [3.63, 3.8) is 0 Å². The Kier molecular flexibility index (Phi) is 11.6. The van der Waals surface area contributed by atoms with E-state index in [9.17, 15) is 5.11 Å². The second kappa shape index (κ2) is 13.5. The quantitative estimate of drug-likeness (QED) is 0.201. The molecule has 3 nitrogen and oxygen atoms in total. The number of rotatable bonds is 9. The van der Waals surface area contributed by atoms with E-state index in [0.29, 0.717) is 17.3 Å². The van der Waals surface area contributed by atoms with Gasteiger partial charge in [-0.25, -0.2) is 0 Å². The summed E-state index contributed by atoms with van der Waals surface area (Å²) in [7, 11) is -3.89. The van der Waals surface area contributed by atoms with Crippen molar-refractivity contribution in [3.05, 3.63) is 22.8 Å². The lowest BCUT2D eigenvalue weighted by molar-refractivity contribution is 0.0614. The van der Waals surface area contributed by atoms with Gasteiger partial charge < -0.3 is 14.0 Å². The SMILES string of the molecule is CC1=C(C#CC2=CCC[C@@]3(C)C2CC[C@@H]3C(C)CCCC(C)(C)O)CC(O[Si](C)(C)C(C)(C)C)CC1O[Si](C)(C)C(C)(C)C. The van der Waals surface area contributed by atoms with Crippen molar-refractivity contribution in [3.8, 4) is 11.8 Å². The van der Waals surface area contributed by atoms with Gasteiger partial charge in [-0.2, -0.15) is 0 Å². The van der Waals surface area contributed by atoms with Gasteiger partial charge in [0.15, 0.2) is 16.6 Å². The molecule has 1 saturated carbocycles. The van der Waals surface area contributed by atoms with Gasteiger partial charge >= 0.3 is 0 Å². The van der Waals surface area contributed by atoms with Crippen LogP contribution in [-0.4, -0.2) is 39.6 Å². The smallest absolute Gasteiger partial charge is 0.192 e. The molecule has 0 spiro atoms. The fourth-order valence-electron chi connectivity index (χ4n) is 7.68. The zero-order chi connectivity index (χ0) is 33.5. The van der Waals surface area contributed by atoms with Crippen LogP contribution < -0.4 is 0 Å². The van der Waals surface area contributed by atoms with Crippen molar-refractivity contribution in [2.24, 2.45) is 23.2 Å². The third kappa shape index (κ3) is 8.83. The van der Waals surface area contributed by atoms with Crippen molar-refractivity contribution < 1.29 is 14.0 Å². The average Bonchev–Trinajstić information content (AvgIpc) is 3.20. The Bertz CT molecular complexity index is 1130. The highest BCUT2D eigenvalue weighted by Gasteiger charge is 2.50. The van der Waals surface area contributed by atoms with Crippen LogP contribution in [0.15, 0.2) is 22.8 Å². The van der Waals surface area contributed by atoms with E-state index in [0.717, 1.165) is 38.0 Å². The Morgan fingerprint density at radius 2 is 1.55 bits per heavy atom. The van der Waals surface area contributed by atoms with Crippen molar-refractivity contribution in [1.29, 1.82) is 0 Å². The lowest BCUT2D eigenvalue weighted by Crippen LogP contribution is -2.49. The third-order valence-corrected chi connectivity index (χ3v) is 21.7. The minimum atomic E-state index is -1.96. The number of allylic oxidation sites excluding steroid dienone is 2. The molecule has 0 bridgehead atoms. The van der Waals surface area contributed by atoms with Crippen LogP contribution in [0.3, 0.4) is 0 Å². The normalized spacial score (nSPS) is 29.6. The predicted molar refractivity (Wildman–Crippen MR) is 195 cm³/mol. The lowest BCUT2D eigenvalue weighted by atomic mass is 9.62. The summed E-state index contributed by atoms with van der Waals surface area (Å²) in [4.78, 5) is 0. The van der Waals surface area contributed by atoms with Gasteiger partial charge in [0.1, 0.15) is 0 Å². The molecular formula is C39H70O3Si2. The van der Waals surface area contributed by atoms with Crippen LogP contribution in [-0.2, 0) is 8.85 Å². The molecule has 0 heterocycles. The molecule has 0 aromatic rings. The molecule has 6 atom stereocenters. The zero-order valence-electron chi connectivity index (χ0n) is 31.6. The molecule has 3 rings (SSSR count). The first-order chi connectivity index (χ1) is 19.9. The molecule has 252 valence electrons. The largest absolute Gasteiger partial charge is 0.413 e. The van der Waals surface area contributed by atoms with E-state index in [1.54, 1.807) is 0 Å². The Morgan fingerprint density at radius 3 is 2.11 bits per heavy atom. The average molecular weight is 643 g/mol. The van der Waals surface area contributed by atoms with Gasteiger partial charge in [-0.15, -0.1) is 0 Å². The molecule has 1 fully saturated rings. The highest BCUT2D eigenvalue weighted by atomic mass is 28.4. The molecule has 3 aliphatic carbocycles. The second-order valence-corrected chi connectivity index (χ2v) is 28.4. The number of fused-ring (bicyclic) bond motifs is 1. The van der Waals surface area contributed by atoms with E-state index in [4.69, 9.17) is 8.85 Å². The summed E-state index contributed by atoms with van der Waals surface area (Å²) < 4.78 is 14.2. The first-order valence-electron chi connectivity index (χ1n) is 17.9. The fraction of sp³-hybridized carbons (Fsp3) is 0.846. The summed E-state index contributed by atoms with van der Waals surface area (Å²) in [5, 5.41) is 10.6. The van der Waals surface area contributed by atoms with E-state index < -0.39 is 22.2 Å². The van der Waals surface area contributed by atoms with Crippen molar-refractivity contribution >= 4 is 16.6 Å².